The van der Waals surface area contributed by atoms with E-state index >= 15 is 0 Å². The molecule has 1 N–H and O–H groups in total. The number of carbonyl (C=O) groups is 2. The first-order valence-electron chi connectivity index (χ1n) is 11.8. The van der Waals surface area contributed by atoms with Gasteiger partial charge in [-0.1, -0.05) is 30.3 Å². The first-order valence-corrected chi connectivity index (χ1v) is 11.8. The molecule has 3 heterocycles. The highest BCUT2D eigenvalue weighted by atomic mass is 16.5. The molecule has 1 saturated heterocycles. The summed E-state index contributed by atoms with van der Waals surface area (Å²) >= 11 is 0. The van der Waals surface area contributed by atoms with E-state index in [1.54, 1.807) is 47.2 Å². The van der Waals surface area contributed by atoms with Gasteiger partial charge in [-0.05, 0) is 50.1 Å². The minimum absolute atomic E-state index is 0.183. The molecule has 1 atom stereocenters. The molecular formula is C27H27N5O3. The van der Waals surface area contributed by atoms with Crippen LogP contribution in [-0.4, -0.2) is 51.2 Å². The number of nitrogens with zero attached hydrogens (tertiary/aromatic N) is 4. The van der Waals surface area contributed by atoms with Crippen LogP contribution in [0, 0.1) is 0 Å². The third-order valence-electron chi connectivity index (χ3n) is 6.38. The number of anilines is 1. The molecule has 1 aliphatic rings. The predicted molar refractivity (Wildman–Crippen MR) is 134 cm³/mol. The molecule has 1 fully saturated rings. The predicted octanol–water partition coefficient (Wildman–Crippen LogP) is 4.37. The molecule has 5 rings (SSSR count). The Kier molecular flexibility index (Phi) is 6.18. The van der Waals surface area contributed by atoms with Gasteiger partial charge in [0.1, 0.15) is 11.8 Å². The fraction of sp³-hybridized carbons (Fsp3) is 0.259. The van der Waals surface area contributed by atoms with Gasteiger partial charge in [0.15, 0.2) is 5.65 Å². The van der Waals surface area contributed by atoms with Crippen molar-refractivity contribution in [3.05, 3.63) is 72.4 Å². The van der Waals surface area contributed by atoms with E-state index in [1.165, 1.54) is 0 Å². The van der Waals surface area contributed by atoms with Crippen LogP contribution in [0.2, 0.25) is 0 Å². The van der Waals surface area contributed by atoms with Crippen molar-refractivity contribution in [2.75, 3.05) is 19.0 Å². The van der Waals surface area contributed by atoms with Crippen LogP contribution in [0.1, 0.15) is 30.1 Å². The summed E-state index contributed by atoms with van der Waals surface area (Å²) in [5.41, 5.74) is 3.46. The molecule has 2 amide bonds. The number of ether oxygens (including phenoxy) is 1. The summed E-state index contributed by atoms with van der Waals surface area (Å²) in [7, 11) is 1.60. The van der Waals surface area contributed by atoms with Gasteiger partial charge in [-0.2, -0.15) is 5.10 Å². The number of rotatable bonds is 6. The lowest BCUT2D eigenvalue weighted by Gasteiger charge is -2.24. The number of hydrogen-bond acceptors (Lipinski definition) is 5. The average Bonchev–Trinajstić information content (AvgIpc) is 3.56. The van der Waals surface area contributed by atoms with Gasteiger partial charge >= 0.3 is 0 Å². The maximum absolute atomic E-state index is 13.9. The van der Waals surface area contributed by atoms with E-state index in [0.717, 1.165) is 12.0 Å². The SMILES string of the molecule is CCn1ncc2c(C(=O)N3CCCC3C(=O)Nc3ccc(OC)cc3)cc(-c3ccccc3)nc21. The van der Waals surface area contributed by atoms with Crippen molar-refractivity contribution >= 4 is 28.5 Å². The molecule has 1 unspecified atom stereocenters. The van der Waals surface area contributed by atoms with Gasteiger partial charge in [0, 0.05) is 24.3 Å². The van der Waals surface area contributed by atoms with E-state index in [2.05, 4.69) is 10.4 Å². The molecule has 0 spiro atoms. The largest absolute Gasteiger partial charge is 0.497 e. The van der Waals surface area contributed by atoms with Crippen molar-refractivity contribution in [3.63, 3.8) is 0 Å². The zero-order valence-corrected chi connectivity index (χ0v) is 19.8. The molecule has 0 bridgehead atoms. The highest BCUT2D eigenvalue weighted by Crippen LogP contribution is 2.29. The lowest BCUT2D eigenvalue weighted by molar-refractivity contribution is -0.119. The van der Waals surface area contributed by atoms with Gasteiger partial charge in [-0.25, -0.2) is 9.67 Å². The van der Waals surface area contributed by atoms with E-state index in [9.17, 15) is 9.59 Å². The summed E-state index contributed by atoms with van der Waals surface area (Å²) in [5, 5.41) is 8.07. The maximum Gasteiger partial charge on any atom is 0.255 e. The third-order valence-corrected chi connectivity index (χ3v) is 6.38. The first-order chi connectivity index (χ1) is 17.1. The number of methoxy groups -OCH3 is 1. The number of hydrogen-bond donors (Lipinski definition) is 1. The van der Waals surface area contributed by atoms with Crippen LogP contribution in [0.25, 0.3) is 22.3 Å². The van der Waals surface area contributed by atoms with Gasteiger partial charge in [0.2, 0.25) is 5.91 Å². The molecule has 4 aromatic rings. The Hall–Kier alpha value is -4.20. The highest BCUT2D eigenvalue weighted by Gasteiger charge is 2.35. The van der Waals surface area contributed by atoms with Gasteiger partial charge in [-0.3, -0.25) is 9.59 Å². The van der Waals surface area contributed by atoms with Crippen LogP contribution in [-0.2, 0) is 11.3 Å². The van der Waals surface area contributed by atoms with Gasteiger partial charge in [-0.15, -0.1) is 0 Å². The number of amides is 2. The topological polar surface area (TPSA) is 89.4 Å². The van der Waals surface area contributed by atoms with E-state index in [0.29, 0.717) is 53.2 Å². The summed E-state index contributed by atoms with van der Waals surface area (Å²) < 4.78 is 6.97. The molecule has 2 aromatic carbocycles. The van der Waals surface area contributed by atoms with Gasteiger partial charge in [0.05, 0.1) is 30.0 Å². The Morgan fingerprint density at radius 3 is 2.60 bits per heavy atom. The van der Waals surface area contributed by atoms with Crippen LogP contribution in [0.4, 0.5) is 5.69 Å². The molecule has 0 aliphatic carbocycles. The molecule has 35 heavy (non-hydrogen) atoms. The average molecular weight is 470 g/mol. The molecule has 0 radical (unpaired) electrons. The van der Waals surface area contributed by atoms with Gasteiger partial charge in [0.25, 0.3) is 5.91 Å². The molecule has 2 aromatic heterocycles. The second-order valence-electron chi connectivity index (χ2n) is 8.49. The standard InChI is InChI=1S/C27H27N5O3/c1-3-32-25-22(17-28-32)21(16-23(30-25)18-8-5-4-6-9-18)27(34)31-15-7-10-24(31)26(33)29-19-11-13-20(35-2)14-12-19/h4-6,8-9,11-14,16-17,24H,3,7,10,15H2,1-2H3,(H,29,33). The zero-order chi connectivity index (χ0) is 24.4. The molecule has 178 valence electrons. The third kappa shape index (κ3) is 4.35. The Balaban J connectivity index is 1.47. The number of benzene rings is 2. The van der Waals surface area contributed by atoms with Crippen LogP contribution < -0.4 is 10.1 Å². The lowest BCUT2D eigenvalue weighted by atomic mass is 10.1. The van der Waals surface area contributed by atoms with Crippen LogP contribution in [0.15, 0.2) is 66.9 Å². The quantitative estimate of drug-likeness (QED) is 0.453. The second kappa shape index (κ2) is 9.58. The number of pyridine rings is 1. The first kappa shape index (κ1) is 22.6. The Labute approximate surface area is 203 Å². The van der Waals surface area contributed by atoms with Crippen molar-refractivity contribution in [1.82, 2.24) is 19.7 Å². The smallest absolute Gasteiger partial charge is 0.255 e. The van der Waals surface area contributed by atoms with Crippen molar-refractivity contribution in [1.29, 1.82) is 0 Å². The molecule has 8 nitrogen and oxygen atoms in total. The van der Waals surface area contributed by atoms with Crippen LogP contribution in [0.5, 0.6) is 5.75 Å². The van der Waals surface area contributed by atoms with Crippen LogP contribution >= 0.6 is 0 Å². The van der Waals surface area contributed by atoms with Gasteiger partial charge < -0.3 is 15.0 Å². The number of aromatic nitrogens is 3. The maximum atomic E-state index is 13.9. The van der Waals surface area contributed by atoms with Crippen molar-refractivity contribution in [3.8, 4) is 17.0 Å². The number of aryl methyl sites for hydroxylation is 1. The minimum atomic E-state index is -0.547. The number of fused-ring (bicyclic) bond motifs is 1. The molecule has 8 heteroatoms. The van der Waals surface area contributed by atoms with Crippen molar-refractivity contribution in [2.24, 2.45) is 0 Å². The normalized spacial score (nSPS) is 15.4. The molecular weight excluding hydrogens is 442 g/mol. The highest BCUT2D eigenvalue weighted by molar-refractivity contribution is 6.08. The zero-order valence-electron chi connectivity index (χ0n) is 19.8. The fourth-order valence-corrected chi connectivity index (χ4v) is 4.55. The van der Waals surface area contributed by atoms with E-state index in [1.807, 2.05) is 43.3 Å². The Morgan fingerprint density at radius 2 is 1.89 bits per heavy atom. The Bertz CT molecular complexity index is 1370. The fourth-order valence-electron chi connectivity index (χ4n) is 4.55. The van der Waals surface area contributed by atoms with E-state index < -0.39 is 6.04 Å². The van der Waals surface area contributed by atoms with E-state index in [-0.39, 0.29) is 11.8 Å². The number of likely N-dealkylation sites (tertiary alicyclic amines) is 1. The Morgan fingerprint density at radius 1 is 1.11 bits per heavy atom. The van der Waals surface area contributed by atoms with Crippen molar-refractivity contribution < 1.29 is 14.3 Å². The second-order valence-corrected chi connectivity index (χ2v) is 8.49. The lowest BCUT2D eigenvalue weighted by Crippen LogP contribution is -2.43. The summed E-state index contributed by atoms with van der Waals surface area (Å²) in [5.74, 6) is 0.334. The molecule has 0 saturated carbocycles. The number of carbonyl (C=O) groups excluding carboxylic acids is 2. The van der Waals surface area contributed by atoms with E-state index in [4.69, 9.17) is 9.72 Å². The van der Waals surface area contributed by atoms with Crippen molar-refractivity contribution in [2.45, 2.75) is 32.4 Å². The summed E-state index contributed by atoms with van der Waals surface area (Å²) in [4.78, 5) is 33.5. The summed E-state index contributed by atoms with van der Waals surface area (Å²) in [6.45, 7) is 3.15. The number of nitrogens with one attached hydrogen (secondary N) is 1. The molecule has 1 aliphatic heterocycles. The van der Waals surface area contributed by atoms with Crippen LogP contribution in [0.3, 0.4) is 0 Å². The summed E-state index contributed by atoms with van der Waals surface area (Å²) in [6.07, 6.45) is 3.07. The minimum Gasteiger partial charge on any atom is -0.497 e. The summed E-state index contributed by atoms with van der Waals surface area (Å²) in [6, 6.07) is 18.2. The monoisotopic (exact) mass is 469 g/mol.